The van der Waals surface area contributed by atoms with Crippen LogP contribution in [0.2, 0.25) is 0 Å². The van der Waals surface area contributed by atoms with Crippen LogP contribution in [0.25, 0.3) is 11.3 Å². The number of aromatic nitrogens is 1. The number of anilines is 1. The summed E-state index contributed by atoms with van der Waals surface area (Å²) in [6.07, 6.45) is 0. The molecule has 3 rings (SSSR count). The lowest BCUT2D eigenvalue weighted by Gasteiger charge is -2.21. The molecule has 144 valence electrons. The molecular formula is C21H22N4O2S. The summed E-state index contributed by atoms with van der Waals surface area (Å²) < 4.78 is 0. The van der Waals surface area contributed by atoms with Crippen molar-refractivity contribution in [1.29, 1.82) is 0 Å². The molecule has 28 heavy (non-hydrogen) atoms. The van der Waals surface area contributed by atoms with Crippen molar-refractivity contribution in [3.8, 4) is 11.3 Å². The van der Waals surface area contributed by atoms with Gasteiger partial charge in [-0.05, 0) is 19.4 Å². The van der Waals surface area contributed by atoms with Crippen molar-refractivity contribution >= 4 is 28.3 Å². The van der Waals surface area contributed by atoms with Gasteiger partial charge in [0, 0.05) is 10.9 Å². The molecule has 0 radical (unpaired) electrons. The zero-order chi connectivity index (χ0) is 20.1. The minimum Gasteiger partial charge on any atom is -0.368 e. The van der Waals surface area contributed by atoms with E-state index in [1.54, 1.807) is 6.92 Å². The van der Waals surface area contributed by atoms with E-state index in [1.807, 2.05) is 66.9 Å². The number of aryl methyl sites for hydroxylation is 1. The third-order valence-electron chi connectivity index (χ3n) is 4.32. The lowest BCUT2D eigenvalue weighted by Crippen LogP contribution is -2.44. The number of carbonyl (C=O) groups is 2. The first kappa shape index (κ1) is 19.7. The van der Waals surface area contributed by atoms with Crippen LogP contribution in [0.5, 0.6) is 0 Å². The maximum absolute atomic E-state index is 12.9. The second kappa shape index (κ2) is 8.77. The smallest absolute Gasteiger partial charge is 0.247 e. The van der Waals surface area contributed by atoms with Gasteiger partial charge in [-0.25, -0.2) is 4.98 Å². The average Bonchev–Trinajstić information content (AvgIpc) is 3.15. The summed E-state index contributed by atoms with van der Waals surface area (Å²) in [6.45, 7) is 3.66. The Morgan fingerprint density at radius 1 is 1.07 bits per heavy atom. The molecule has 2 aromatic carbocycles. The number of primary amides is 1. The molecular weight excluding hydrogens is 372 g/mol. The van der Waals surface area contributed by atoms with Gasteiger partial charge in [0.2, 0.25) is 11.8 Å². The highest BCUT2D eigenvalue weighted by Gasteiger charge is 2.25. The fourth-order valence-electron chi connectivity index (χ4n) is 2.67. The van der Waals surface area contributed by atoms with E-state index in [0.29, 0.717) is 5.13 Å². The van der Waals surface area contributed by atoms with Gasteiger partial charge in [0.05, 0.1) is 11.7 Å². The maximum atomic E-state index is 12.9. The molecule has 0 fully saturated rings. The number of benzene rings is 2. The Morgan fingerprint density at radius 3 is 2.39 bits per heavy atom. The van der Waals surface area contributed by atoms with E-state index in [-0.39, 0.29) is 5.91 Å². The van der Waals surface area contributed by atoms with E-state index in [4.69, 9.17) is 5.73 Å². The molecule has 0 bridgehead atoms. The van der Waals surface area contributed by atoms with E-state index in [0.717, 1.165) is 16.8 Å². The molecule has 6 nitrogen and oxygen atoms in total. The van der Waals surface area contributed by atoms with E-state index in [1.165, 1.54) is 16.9 Å². The van der Waals surface area contributed by atoms with Gasteiger partial charge in [-0.3, -0.25) is 14.9 Å². The van der Waals surface area contributed by atoms with Crippen LogP contribution < -0.4 is 16.4 Å². The number of hydrogen-bond donors (Lipinski definition) is 3. The normalized spacial score (nSPS) is 12.9. The van der Waals surface area contributed by atoms with Gasteiger partial charge in [0.25, 0.3) is 0 Å². The van der Waals surface area contributed by atoms with Crippen LogP contribution in [0.4, 0.5) is 5.13 Å². The Balaban J connectivity index is 1.78. The molecule has 7 heteroatoms. The largest absolute Gasteiger partial charge is 0.368 e. The van der Waals surface area contributed by atoms with Crippen LogP contribution in [0.15, 0.2) is 60.0 Å². The first-order valence-corrected chi connectivity index (χ1v) is 9.76. The molecule has 1 aromatic heterocycles. The Bertz CT molecular complexity index is 954. The van der Waals surface area contributed by atoms with Gasteiger partial charge in [0.1, 0.15) is 6.04 Å². The Hall–Kier alpha value is -3.03. The third kappa shape index (κ3) is 4.82. The second-order valence-electron chi connectivity index (χ2n) is 6.53. The standard InChI is InChI=1S/C21H22N4O2S/c1-13-8-10-15(11-9-13)17-12-28-21(24-17)25-20(27)18(23-14(2)19(22)26)16-6-4-3-5-7-16/h3-12,14,18,23H,1-2H3,(H2,22,26)(H,24,25,27). The van der Waals surface area contributed by atoms with Crippen molar-refractivity contribution < 1.29 is 9.59 Å². The van der Waals surface area contributed by atoms with Gasteiger partial charge in [-0.15, -0.1) is 11.3 Å². The summed E-state index contributed by atoms with van der Waals surface area (Å²) in [5.41, 5.74) is 9.05. The number of nitrogens with two attached hydrogens (primary N) is 1. The van der Waals surface area contributed by atoms with Crippen LogP contribution in [-0.4, -0.2) is 22.8 Å². The predicted molar refractivity (Wildman–Crippen MR) is 112 cm³/mol. The van der Waals surface area contributed by atoms with Gasteiger partial charge < -0.3 is 11.1 Å². The van der Waals surface area contributed by atoms with E-state index in [9.17, 15) is 9.59 Å². The van der Waals surface area contributed by atoms with Gasteiger partial charge in [-0.1, -0.05) is 60.2 Å². The molecule has 0 aliphatic carbocycles. The summed E-state index contributed by atoms with van der Waals surface area (Å²) in [6, 6.07) is 15.8. The molecule has 2 amide bonds. The van der Waals surface area contributed by atoms with Crippen LogP contribution in [0.1, 0.15) is 24.1 Å². The SMILES string of the molecule is Cc1ccc(-c2csc(NC(=O)C(NC(C)C(N)=O)c3ccccc3)n2)cc1. The minimum absolute atomic E-state index is 0.302. The molecule has 2 atom stereocenters. The van der Waals surface area contributed by atoms with Crippen LogP contribution in [0.3, 0.4) is 0 Å². The van der Waals surface area contributed by atoms with E-state index in [2.05, 4.69) is 15.6 Å². The summed E-state index contributed by atoms with van der Waals surface area (Å²) >= 11 is 1.35. The third-order valence-corrected chi connectivity index (χ3v) is 5.08. The topological polar surface area (TPSA) is 97.1 Å². The number of thiazole rings is 1. The molecule has 2 unspecified atom stereocenters. The van der Waals surface area contributed by atoms with E-state index < -0.39 is 18.0 Å². The monoisotopic (exact) mass is 394 g/mol. The number of nitrogens with one attached hydrogen (secondary N) is 2. The maximum Gasteiger partial charge on any atom is 0.247 e. The molecule has 0 aliphatic rings. The minimum atomic E-state index is -0.726. The van der Waals surface area contributed by atoms with Gasteiger partial charge >= 0.3 is 0 Å². The number of nitrogens with zero attached hydrogens (tertiary/aromatic N) is 1. The second-order valence-corrected chi connectivity index (χ2v) is 7.39. The molecule has 0 saturated heterocycles. The quantitative estimate of drug-likeness (QED) is 0.573. The zero-order valence-corrected chi connectivity index (χ0v) is 16.5. The van der Waals surface area contributed by atoms with Crippen LogP contribution in [0, 0.1) is 6.92 Å². The van der Waals surface area contributed by atoms with Crippen molar-refractivity contribution in [2.45, 2.75) is 25.9 Å². The summed E-state index contributed by atoms with van der Waals surface area (Å²) in [5, 5.41) is 8.22. The lowest BCUT2D eigenvalue weighted by molar-refractivity contribution is -0.121. The molecule has 0 spiro atoms. The molecule has 3 aromatic rings. The van der Waals surface area contributed by atoms with Crippen molar-refractivity contribution in [3.63, 3.8) is 0 Å². The number of hydrogen-bond acceptors (Lipinski definition) is 5. The van der Waals surface area contributed by atoms with Gasteiger partial charge in [0.15, 0.2) is 5.13 Å². The first-order valence-electron chi connectivity index (χ1n) is 8.88. The average molecular weight is 395 g/mol. The molecule has 0 aliphatic heterocycles. The predicted octanol–water partition coefficient (Wildman–Crippen LogP) is 3.26. The fraction of sp³-hybridized carbons (Fsp3) is 0.190. The fourth-order valence-corrected chi connectivity index (χ4v) is 3.39. The van der Waals surface area contributed by atoms with Crippen molar-refractivity contribution in [3.05, 3.63) is 71.1 Å². The summed E-state index contributed by atoms with van der Waals surface area (Å²) in [7, 11) is 0. The Kier molecular flexibility index (Phi) is 6.18. The van der Waals surface area contributed by atoms with Crippen molar-refractivity contribution in [1.82, 2.24) is 10.3 Å². The van der Waals surface area contributed by atoms with Crippen molar-refractivity contribution in [2.75, 3.05) is 5.32 Å². The highest BCUT2D eigenvalue weighted by Crippen LogP contribution is 2.26. The number of amides is 2. The zero-order valence-electron chi connectivity index (χ0n) is 15.7. The number of carbonyl (C=O) groups excluding carboxylic acids is 2. The van der Waals surface area contributed by atoms with E-state index >= 15 is 0 Å². The number of rotatable bonds is 7. The Morgan fingerprint density at radius 2 is 1.75 bits per heavy atom. The molecule has 4 N–H and O–H groups in total. The lowest BCUT2D eigenvalue weighted by atomic mass is 10.1. The first-order chi connectivity index (χ1) is 13.4. The van der Waals surface area contributed by atoms with Gasteiger partial charge in [-0.2, -0.15) is 0 Å². The van der Waals surface area contributed by atoms with Crippen LogP contribution >= 0.6 is 11.3 Å². The van der Waals surface area contributed by atoms with Crippen LogP contribution in [-0.2, 0) is 9.59 Å². The highest BCUT2D eigenvalue weighted by molar-refractivity contribution is 7.14. The summed E-state index contributed by atoms with van der Waals surface area (Å²) in [4.78, 5) is 28.9. The molecule has 1 heterocycles. The highest BCUT2D eigenvalue weighted by atomic mass is 32.1. The Labute approximate surface area is 167 Å². The van der Waals surface area contributed by atoms with Crippen molar-refractivity contribution in [2.24, 2.45) is 5.73 Å². The summed E-state index contributed by atoms with van der Waals surface area (Å²) in [5.74, 6) is -0.825. The molecule has 0 saturated carbocycles.